The molecular formula is C17H22N2O3. The molecule has 1 aromatic carbocycles. The smallest absolute Gasteiger partial charge is 0.225 e. The van der Waals surface area contributed by atoms with Crippen LogP contribution in [-0.4, -0.2) is 18.4 Å². The number of hydrogen-bond donors (Lipinski definition) is 2. The van der Waals surface area contributed by atoms with Gasteiger partial charge < -0.3 is 15.1 Å². The molecule has 2 N–H and O–H groups in total. The van der Waals surface area contributed by atoms with Gasteiger partial charge in [-0.05, 0) is 12.1 Å². The van der Waals surface area contributed by atoms with E-state index in [1.807, 2.05) is 51.1 Å². The highest BCUT2D eigenvalue weighted by atomic mass is 16.3. The molecule has 0 aliphatic heterocycles. The number of nitrogens with one attached hydrogen (secondary N) is 2. The second kappa shape index (κ2) is 6.64. The van der Waals surface area contributed by atoms with Gasteiger partial charge in [0.05, 0.1) is 6.54 Å². The van der Waals surface area contributed by atoms with E-state index in [2.05, 4.69) is 10.6 Å². The van der Waals surface area contributed by atoms with Crippen LogP contribution in [-0.2, 0) is 16.1 Å². The molecule has 5 heteroatoms. The topological polar surface area (TPSA) is 71.3 Å². The van der Waals surface area contributed by atoms with E-state index in [0.717, 1.165) is 11.0 Å². The van der Waals surface area contributed by atoms with E-state index in [0.29, 0.717) is 18.8 Å². The third kappa shape index (κ3) is 4.35. The molecule has 0 spiro atoms. The molecule has 2 amide bonds. The summed E-state index contributed by atoms with van der Waals surface area (Å²) in [7, 11) is 0. The average Bonchev–Trinajstić information content (AvgIpc) is 2.86. The maximum atomic E-state index is 11.8. The summed E-state index contributed by atoms with van der Waals surface area (Å²) in [5.74, 6) is 0.542. The number of fused-ring (bicyclic) bond motifs is 1. The molecule has 1 aromatic heterocycles. The summed E-state index contributed by atoms with van der Waals surface area (Å²) >= 11 is 0. The average molecular weight is 302 g/mol. The molecule has 0 unspecified atom stereocenters. The molecule has 0 saturated heterocycles. The van der Waals surface area contributed by atoms with Gasteiger partial charge in [0.25, 0.3) is 0 Å². The molecule has 1 heterocycles. The SMILES string of the molecule is CC(C)(C)C(=O)NCCC(=O)NCc1cc2ccccc2o1. The lowest BCUT2D eigenvalue weighted by atomic mass is 9.96. The molecule has 0 radical (unpaired) electrons. The predicted octanol–water partition coefficient (Wildman–Crippen LogP) is 2.60. The van der Waals surface area contributed by atoms with Crippen LogP contribution >= 0.6 is 0 Å². The Bertz CT molecular complexity index is 635. The van der Waals surface area contributed by atoms with Crippen molar-refractivity contribution >= 4 is 22.8 Å². The Kier molecular flexibility index (Phi) is 4.85. The van der Waals surface area contributed by atoms with Gasteiger partial charge in [0.15, 0.2) is 0 Å². The number of benzene rings is 1. The van der Waals surface area contributed by atoms with Crippen LogP contribution in [0.2, 0.25) is 0 Å². The van der Waals surface area contributed by atoms with Crippen LogP contribution in [0.25, 0.3) is 11.0 Å². The first-order chi connectivity index (χ1) is 10.4. The van der Waals surface area contributed by atoms with Crippen molar-refractivity contribution in [3.8, 4) is 0 Å². The number of hydrogen-bond acceptors (Lipinski definition) is 3. The Morgan fingerprint density at radius 1 is 1.14 bits per heavy atom. The lowest BCUT2D eigenvalue weighted by Gasteiger charge is -2.17. The molecule has 0 aliphatic carbocycles. The monoisotopic (exact) mass is 302 g/mol. The zero-order valence-corrected chi connectivity index (χ0v) is 13.2. The number of rotatable bonds is 5. The van der Waals surface area contributed by atoms with Crippen LogP contribution in [0.15, 0.2) is 34.7 Å². The van der Waals surface area contributed by atoms with Gasteiger partial charge in [0.2, 0.25) is 11.8 Å². The second-order valence-corrected chi connectivity index (χ2v) is 6.28. The van der Waals surface area contributed by atoms with Gasteiger partial charge in [-0.15, -0.1) is 0 Å². The quantitative estimate of drug-likeness (QED) is 0.892. The van der Waals surface area contributed by atoms with Gasteiger partial charge in [-0.1, -0.05) is 39.0 Å². The number of amides is 2. The van der Waals surface area contributed by atoms with Crippen LogP contribution in [0.4, 0.5) is 0 Å². The van der Waals surface area contributed by atoms with Gasteiger partial charge in [0, 0.05) is 23.8 Å². The van der Waals surface area contributed by atoms with E-state index < -0.39 is 5.41 Å². The van der Waals surface area contributed by atoms with Crippen molar-refractivity contribution in [1.82, 2.24) is 10.6 Å². The van der Waals surface area contributed by atoms with Crippen molar-refractivity contribution < 1.29 is 14.0 Å². The summed E-state index contributed by atoms with van der Waals surface area (Å²) in [5.41, 5.74) is 0.370. The lowest BCUT2D eigenvalue weighted by Crippen LogP contribution is -2.37. The molecule has 118 valence electrons. The molecule has 22 heavy (non-hydrogen) atoms. The molecule has 0 saturated carbocycles. The van der Waals surface area contributed by atoms with Gasteiger partial charge in [-0.25, -0.2) is 0 Å². The fourth-order valence-corrected chi connectivity index (χ4v) is 1.95. The largest absolute Gasteiger partial charge is 0.459 e. The molecule has 0 bridgehead atoms. The molecule has 2 aromatic rings. The van der Waals surface area contributed by atoms with Crippen molar-refractivity contribution in [2.24, 2.45) is 5.41 Å². The molecule has 0 atom stereocenters. The highest BCUT2D eigenvalue weighted by Gasteiger charge is 2.20. The Hall–Kier alpha value is -2.30. The van der Waals surface area contributed by atoms with Crippen LogP contribution in [0.3, 0.4) is 0 Å². The first-order valence-corrected chi connectivity index (χ1v) is 7.39. The van der Waals surface area contributed by atoms with Gasteiger partial charge in [-0.3, -0.25) is 9.59 Å². The first-order valence-electron chi connectivity index (χ1n) is 7.39. The normalized spacial score (nSPS) is 11.4. The van der Waals surface area contributed by atoms with Crippen LogP contribution in [0.1, 0.15) is 33.0 Å². The first kappa shape index (κ1) is 16.1. The zero-order chi connectivity index (χ0) is 16.2. The van der Waals surface area contributed by atoms with Gasteiger partial charge in [0.1, 0.15) is 11.3 Å². The lowest BCUT2D eigenvalue weighted by molar-refractivity contribution is -0.128. The van der Waals surface area contributed by atoms with Crippen molar-refractivity contribution in [3.05, 3.63) is 36.1 Å². The van der Waals surface area contributed by atoms with Gasteiger partial charge >= 0.3 is 0 Å². The van der Waals surface area contributed by atoms with Crippen molar-refractivity contribution in [2.75, 3.05) is 6.54 Å². The van der Waals surface area contributed by atoms with E-state index in [4.69, 9.17) is 4.42 Å². The summed E-state index contributed by atoms with van der Waals surface area (Å²) in [4.78, 5) is 23.4. The maximum absolute atomic E-state index is 11.8. The predicted molar refractivity (Wildman–Crippen MR) is 85.1 cm³/mol. The van der Waals surface area contributed by atoms with E-state index in [1.165, 1.54) is 0 Å². The minimum absolute atomic E-state index is 0.0578. The summed E-state index contributed by atoms with van der Waals surface area (Å²) in [6.07, 6.45) is 0.252. The Morgan fingerprint density at radius 2 is 1.86 bits per heavy atom. The van der Waals surface area contributed by atoms with Crippen LogP contribution in [0, 0.1) is 5.41 Å². The highest BCUT2D eigenvalue weighted by molar-refractivity contribution is 5.82. The number of furan rings is 1. The fourth-order valence-electron chi connectivity index (χ4n) is 1.95. The fraction of sp³-hybridized carbons (Fsp3) is 0.412. The van der Waals surface area contributed by atoms with Crippen molar-refractivity contribution in [3.63, 3.8) is 0 Å². The summed E-state index contributed by atoms with van der Waals surface area (Å²) < 4.78 is 5.62. The Balaban J connectivity index is 1.75. The standard InChI is InChI=1S/C17H22N2O3/c1-17(2,3)16(21)18-9-8-15(20)19-11-13-10-12-6-4-5-7-14(12)22-13/h4-7,10H,8-9,11H2,1-3H3,(H,18,21)(H,19,20). The van der Waals surface area contributed by atoms with Gasteiger partial charge in [-0.2, -0.15) is 0 Å². The molecule has 5 nitrogen and oxygen atoms in total. The summed E-state index contributed by atoms with van der Waals surface area (Å²) in [6.45, 7) is 6.20. The number of para-hydroxylation sites is 1. The molecular weight excluding hydrogens is 280 g/mol. The maximum Gasteiger partial charge on any atom is 0.225 e. The van der Waals surface area contributed by atoms with Crippen molar-refractivity contribution in [1.29, 1.82) is 0 Å². The van der Waals surface area contributed by atoms with Crippen LogP contribution in [0.5, 0.6) is 0 Å². The third-order valence-corrected chi connectivity index (χ3v) is 3.26. The van der Waals surface area contributed by atoms with Crippen LogP contribution < -0.4 is 10.6 Å². The van der Waals surface area contributed by atoms with E-state index in [9.17, 15) is 9.59 Å². The third-order valence-electron chi connectivity index (χ3n) is 3.26. The minimum atomic E-state index is -0.440. The van der Waals surface area contributed by atoms with Crippen molar-refractivity contribution in [2.45, 2.75) is 33.7 Å². The summed E-state index contributed by atoms with van der Waals surface area (Å²) in [5, 5.41) is 6.56. The highest BCUT2D eigenvalue weighted by Crippen LogP contribution is 2.18. The second-order valence-electron chi connectivity index (χ2n) is 6.28. The zero-order valence-electron chi connectivity index (χ0n) is 13.2. The molecule has 2 rings (SSSR count). The number of carbonyl (C=O) groups is 2. The minimum Gasteiger partial charge on any atom is -0.459 e. The van der Waals surface area contributed by atoms with E-state index in [-0.39, 0.29) is 18.2 Å². The number of carbonyl (C=O) groups excluding carboxylic acids is 2. The van der Waals surface area contributed by atoms with E-state index >= 15 is 0 Å². The molecule has 0 aliphatic rings. The molecule has 0 fully saturated rings. The Labute approximate surface area is 130 Å². The summed E-state index contributed by atoms with van der Waals surface area (Å²) in [6, 6.07) is 9.62. The Morgan fingerprint density at radius 3 is 2.55 bits per heavy atom. The van der Waals surface area contributed by atoms with E-state index in [1.54, 1.807) is 0 Å².